The Morgan fingerprint density at radius 1 is 1.16 bits per heavy atom. The highest BCUT2D eigenvalue weighted by molar-refractivity contribution is 5.51. The minimum Gasteiger partial charge on any atom is -0.472 e. The van der Waals surface area contributed by atoms with Gasteiger partial charge >= 0.3 is 0 Å². The van der Waals surface area contributed by atoms with Crippen LogP contribution in [0.4, 0.5) is 0 Å². The van der Waals surface area contributed by atoms with Gasteiger partial charge in [0.05, 0.1) is 17.7 Å². The summed E-state index contributed by atoms with van der Waals surface area (Å²) in [7, 11) is 0. The minimum absolute atomic E-state index is 0.0886. The van der Waals surface area contributed by atoms with Gasteiger partial charge in [0.2, 0.25) is 11.7 Å². The molecule has 3 rings (SSSR count). The Labute approximate surface area is 110 Å². The van der Waals surface area contributed by atoms with Crippen molar-refractivity contribution in [3.8, 4) is 11.4 Å². The molecular formula is C14H13N3O2. The topological polar surface area (TPSA) is 78.1 Å². The van der Waals surface area contributed by atoms with Crippen molar-refractivity contribution in [1.29, 1.82) is 0 Å². The van der Waals surface area contributed by atoms with Crippen LogP contribution in [-0.2, 0) is 0 Å². The maximum absolute atomic E-state index is 5.82. The van der Waals surface area contributed by atoms with E-state index in [0.717, 1.165) is 11.1 Å². The molecule has 3 aromatic rings. The van der Waals surface area contributed by atoms with Gasteiger partial charge in [0.15, 0.2) is 0 Å². The number of nitrogens with zero attached hydrogens (tertiary/aromatic N) is 2. The largest absolute Gasteiger partial charge is 0.472 e. The first-order valence-corrected chi connectivity index (χ1v) is 5.99. The second kappa shape index (κ2) is 5.07. The molecule has 1 unspecified atom stereocenters. The molecule has 0 aliphatic rings. The highest BCUT2D eigenvalue weighted by Crippen LogP contribution is 2.24. The second-order valence-electron chi connectivity index (χ2n) is 4.17. The van der Waals surface area contributed by atoms with E-state index < -0.39 is 0 Å². The molecule has 0 saturated carbocycles. The van der Waals surface area contributed by atoms with Gasteiger partial charge in [-0.3, -0.25) is 0 Å². The third-order valence-electron chi connectivity index (χ3n) is 2.96. The van der Waals surface area contributed by atoms with Gasteiger partial charge in [-0.25, -0.2) is 0 Å². The lowest BCUT2D eigenvalue weighted by Crippen LogP contribution is -2.14. The van der Waals surface area contributed by atoms with Gasteiger partial charge < -0.3 is 14.7 Å². The third-order valence-corrected chi connectivity index (χ3v) is 2.96. The average Bonchev–Trinajstić information content (AvgIpc) is 3.11. The minimum atomic E-state index is -0.0886. The molecule has 0 spiro atoms. The first kappa shape index (κ1) is 11.7. The monoisotopic (exact) mass is 255 g/mol. The molecule has 96 valence electrons. The maximum Gasteiger partial charge on any atom is 0.235 e. The van der Waals surface area contributed by atoms with Crippen LogP contribution in [0.3, 0.4) is 0 Å². The molecule has 0 saturated heterocycles. The van der Waals surface area contributed by atoms with Crippen LogP contribution in [-0.4, -0.2) is 16.7 Å². The van der Waals surface area contributed by atoms with Crippen LogP contribution >= 0.6 is 0 Å². The van der Waals surface area contributed by atoms with E-state index >= 15 is 0 Å². The third kappa shape index (κ3) is 2.28. The Balaban J connectivity index is 1.93. The molecule has 2 heterocycles. The van der Waals surface area contributed by atoms with Crippen molar-refractivity contribution in [2.45, 2.75) is 5.92 Å². The normalized spacial score (nSPS) is 12.5. The number of aromatic nitrogens is 2. The van der Waals surface area contributed by atoms with Gasteiger partial charge in [0.25, 0.3) is 0 Å². The Bertz CT molecular complexity index is 632. The molecule has 2 N–H and O–H groups in total. The van der Waals surface area contributed by atoms with E-state index in [4.69, 9.17) is 14.7 Å². The Hall–Kier alpha value is -2.40. The van der Waals surface area contributed by atoms with E-state index in [1.165, 1.54) is 0 Å². The summed E-state index contributed by atoms with van der Waals surface area (Å²) in [6.07, 6.45) is 3.15. The first-order valence-electron chi connectivity index (χ1n) is 5.99. The standard InChI is InChI=1S/C14H13N3O2/c15-8-12(10-4-2-1-3-5-10)14-16-13(17-19-14)11-6-7-18-9-11/h1-7,9,12H,8,15H2. The summed E-state index contributed by atoms with van der Waals surface area (Å²) >= 11 is 0. The summed E-state index contributed by atoms with van der Waals surface area (Å²) in [6, 6.07) is 11.7. The van der Waals surface area contributed by atoms with E-state index in [2.05, 4.69) is 10.1 Å². The molecule has 0 bridgehead atoms. The molecule has 5 heteroatoms. The van der Waals surface area contributed by atoms with Crippen molar-refractivity contribution in [3.05, 3.63) is 60.4 Å². The predicted octanol–water partition coefficient (Wildman–Crippen LogP) is 2.42. The van der Waals surface area contributed by atoms with E-state index in [-0.39, 0.29) is 5.92 Å². The molecule has 19 heavy (non-hydrogen) atoms. The van der Waals surface area contributed by atoms with Crippen LogP contribution in [0.5, 0.6) is 0 Å². The average molecular weight is 255 g/mol. The number of nitrogens with two attached hydrogens (primary N) is 1. The van der Waals surface area contributed by atoms with Crippen molar-refractivity contribution in [2.24, 2.45) is 5.73 Å². The van der Waals surface area contributed by atoms with Crippen molar-refractivity contribution >= 4 is 0 Å². The quantitative estimate of drug-likeness (QED) is 0.774. The van der Waals surface area contributed by atoms with E-state index in [0.29, 0.717) is 18.3 Å². The summed E-state index contributed by atoms with van der Waals surface area (Å²) in [5, 5.41) is 3.95. The van der Waals surface area contributed by atoms with Crippen molar-refractivity contribution in [3.63, 3.8) is 0 Å². The molecule has 0 radical (unpaired) electrons. The van der Waals surface area contributed by atoms with E-state index in [1.54, 1.807) is 18.6 Å². The van der Waals surface area contributed by atoms with Crippen LogP contribution in [0, 0.1) is 0 Å². The smallest absolute Gasteiger partial charge is 0.235 e. The molecule has 0 aliphatic carbocycles. The van der Waals surface area contributed by atoms with Crippen LogP contribution in [0.1, 0.15) is 17.4 Å². The van der Waals surface area contributed by atoms with E-state index in [9.17, 15) is 0 Å². The molecule has 1 atom stereocenters. The molecular weight excluding hydrogens is 242 g/mol. The van der Waals surface area contributed by atoms with E-state index in [1.807, 2.05) is 30.3 Å². The molecule has 5 nitrogen and oxygen atoms in total. The summed E-state index contributed by atoms with van der Waals surface area (Å²) in [4.78, 5) is 4.38. The van der Waals surface area contributed by atoms with Gasteiger partial charge in [-0.15, -0.1) is 0 Å². The highest BCUT2D eigenvalue weighted by atomic mass is 16.5. The van der Waals surface area contributed by atoms with Crippen molar-refractivity contribution in [2.75, 3.05) is 6.54 Å². The SMILES string of the molecule is NCC(c1ccccc1)c1nc(-c2ccoc2)no1. The second-order valence-corrected chi connectivity index (χ2v) is 4.17. The van der Waals surface area contributed by atoms with Gasteiger partial charge in [-0.2, -0.15) is 4.98 Å². The lowest BCUT2D eigenvalue weighted by atomic mass is 9.99. The maximum atomic E-state index is 5.82. The summed E-state index contributed by atoms with van der Waals surface area (Å²) in [5.74, 6) is 0.942. The van der Waals surface area contributed by atoms with Crippen LogP contribution in [0.25, 0.3) is 11.4 Å². The number of furan rings is 1. The first-order chi connectivity index (χ1) is 9.38. The number of benzene rings is 1. The van der Waals surface area contributed by atoms with Crippen LogP contribution < -0.4 is 5.73 Å². The number of hydrogen-bond acceptors (Lipinski definition) is 5. The fourth-order valence-corrected chi connectivity index (χ4v) is 1.95. The number of hydrogen-bond donors (Lipinski definition) is 1. The lowest BCUT2D eigenvalue weighted by Gasteiger charge is -2.09. The van der Waals surface area contributed by atoms with Gasteiger partial charge in [0, 0.05) is 6.54 Å². The van der Waals surface area contributed by atoms with Gasteiger partial charge in [-0.05, 0) is 11.6 Å². The Kier molecular flexibility index (Phi) is 3.12. The Morgan fingerprint density at radius 2 is 2.00 bits per heavy atom. The summed E-state index contributed by atoms with van der Waals surface area (Å²) in [5.41, 5.74) is 7.67. The molecule has 1 aromatic carbocycles. The number of rotatable bonds is 4. The molecule has 2 aromatic heterocycles. The van der Waals surface area contributed by atoms with Crippen LogP contribution in [0.15, 0.2) is 57.9 Å². The predicted molar refractivity (Wildman–Crippen MR) is 69.3 cm³/mol. The molecule has 0 fully saturated rings. The fraction of sp³-hybridized carbons (Fsp3) is 0.143. The molecule has 0 aliphatic heterocycles. The van der Waals surface area contributed by atoms with Crippen molar-refractivity contribution < 1.29 is 8.94 Å². The van der Waals surface area contributed by atoms with Gasteiger partial charge in [0.1, 0.15) is 6.26 Å². The zero-order valence-electron chi connectivity index (χ0n) is 10.2. The zero-order valence-corrected chi connectivity index (χ0v) is 10.2. The Morgan fingerprint density at radius 3 is 2.68 bits per heavy atom. The van der Waals surface area contributed by atoms with Crippen molar-refractivity contribution in [1.82, 2.24) is 10.1 Å². The molecule has 0 amide bonds. The fourth-order valence-electron chi connectivity index (χ4n) is 1.95. The highest BCUT2D eigenvalue weighted by Gasteiger charge is 2.20. The summed E-state index contributed by atoms with van der Waals surface area (Å²) < 4.78 is 10.3. The summed E-state index contributed by atoms with van der Waals surface area (Å²) in [6.45, 7) is 0.414. The van der Waals surface area contributed by atoms with Crippen LogP contribution in [0.2, 0.25) is 0 Å². The zero-order chi connectivity index (χ0) is 13.1. The lowest BCUT2D eigenvalue weighted by molar-refractivity contribution is 0.367. The van der Waals surface area contributed by atoms with Gasteiger partial charge in [-0.1, -0.05) is 35.5 Å².